The summed E-state index contributed by atoms with van der Waals surface area (Å²) in [6.45, 7) is 2.18. The molecule has 2 fully saturated rings. The third-order valence-electron chi connectivity index (χ3n) is 3.49. The summed E-state index contributed by atoms with van der Waals surface area (Å²) in [7, 11) is 0. The number of rotatable bonds is 6. The highest BCUT2D eigenvalue weighted by Crippen LogP contribution is 2.39. The van der Waals surface area contributed by atoms with Gasteiger partial charge in [-0.1, -0.05) is 6.92 Å². The summed E-state index contributed by atoms with van der Waals surface area (Å²) in [5.41, 5.74) is -0.605. The Morgan fingerprint density at radius 3 is 2.81 bits per heavy atom. The van der Waals surface area contributed by atoms with Gasteiger partial charge in [0.15, 0.2) is 0 Å². The fourth-order valence-electron chi connectivity index (χ4n) is 2.43. The lowest BCUT2D eigenvalue weighted by molar-refractivity contribution is -0.144. The Kier molecular flexibility index (Phi) is 3.80. The van der Waals surface area contributed by atoms with Crippen molar-refractivity contribution in [2.75, 3.05) is 5.75 Å². The largest absolute Gasteiger partial charge is 0.480 e. The van der Waals surface area contributed by atoms with Crippen LogP contribution < -0.4 is 5.32 Å². The first-order valence-corrected chi connectivity index (χ1v) is 7.34. The number of thioether (sulfide) groups is 1. The van der Waals surface area contributed by atoms with Crippen LogP contribution in [0, 0.1) is 0 Å². The van der Waals surface area contributed by atoms with Gasteiger partial charge in [-0.2, -0.15) is 11.8 Å². The predicted molar refractivity (Wildman–Crippen MR) is 66.9 cm³/mol. The average molecular weight is 243 g/mol. The molecule has 2 aliphatic carbocycles. The van der Waals surface area contributed by atoms with Crippen molar-refractivity contribution >= 4 is 17.7 Å². The van der Waals surface area contributed by atoms with Crippen LogP contribution >= 0.6 is 11.8 Å². The van der Waals surface area contributed by atoms with Gasteiger partial charge in [-0.05, 0) is 44.3 Å². The van der Waals surface area contributed by atoms with Gasteiger partial charge in [-0.15, -0.1) is 0 Å². The number of nitrogens with one attached hydrogen (secondary N) is 1. The molecule has 0 aromatic heterocycles. The van der Waals surface area contributed by atoms with E-state index >= 15 is 0 Å². The average Bonchev–Trinajstić information content (AvgIpc) is 2.95. The van der Waals surface area contributed by atoms with Crippen molar-refractivity contribution in [2.24, 2.45) is 0 Å². The van der Waals surface area contributed by atoms with Crippen LogP contribution in [0.1, 0.15) is 45.4 Å². The Morgan fingerprint density at radius 1 is 1.50 bits per heavy atom. The number of aliphatic carboxylic acids is 1. The molecule has 0 aliphatic heterocycles. The van der Waals surface area contributed by atoms with Gasteiger partial charge >= 0.3 is 5.97 Å². The van der Waals surface area contributed by atoms with Gasteiger partial charge in [-0.25, -0.2) is 0 Å². The van der Waals surface area contributed by atoms with Gasteiger partial charge in [0.2, 0.25) is 0 Å². The molecule has 16 heavy (non-hydrogen) atoms. The summed E-state index contributed by atoms with van der Waals surface area (Å²) in [6, 6.07) is 0.478. The molecule has 2 atom stereocenters. The minimum atomic E-state index is -0.640. The molecule has 0 amide bonds. The van der Waals surface area contributed by atoms with Gasteiger partial charge in [-0.3, -0.25) is 10.1 Å². The van der Waals surface area contributed by atoms with Crippen LogP contribution in [0.3, 0.4) is 0 Å². The number of hydrogen-bond donors (Lipinski definition) is 2. The van der Waals surface area contributed by atoms with Crippen molar-refractivity contribution < 1.29 is 9.90 Å². The van der Waals surface area contributed by atoms with Gasteiger partial charge in [0.1, 0.15) is 5.54 Å². The summed E-state index contributed by atoms with van der Waals surface area (Å²) < 4.78 is 0. The number of carbonyl (C=O) groups is 1. The van der Waals surface area contributed by atoms with Gasteiger partial charge in [0.05, 0.1) is 0 Å². The van der Waals surface area contributed by atoms with Crippen molar-refractivity contribution in [3.8, 4) is 0 Å². The van der Waals surface area contributed by atoms with Crippen molar-refractivity contribution in [3.05, 3.63) is 0 Å². The first kappa shape index (κ1) is 12.2. The normalized spacial score (nSPS) is 34.2. The molecule has 0 spiro atoms. The molecule has 0 aromatic carbocycles. The molecule has 0 heterocycles. The topological polar surface area (TPSA) is 49.3 Å². The second-order valence-electron chi connectivity index (χ2n) is 5.04. The highest BCUT2D eigenvalue weighted by Gasteiger charge is 2.47. The first-order valence-electron chi connectivity index (χ1n) is 6.29. The SMILES string of the molecule is CCCSC1CCC(NC2CC2)(C(=O)O)C1. The highest BCUT2D eigenvalue weighted by molar-refractivity contribution is 7.99. The Bertz CT molecular complexity index is 268. The van der Waals surface area contributed by atoms with Crippen LogP contribution in [0.2, 0.25) is 0 Å². The predicted octanol–water partition coefficient (Wildman–Crippen LogP) is 2.26. The lowest BCUT2D eigenvalue weighted by Crippen LogP contribution is -2.51. The Balaban J connectivity index is 1.91. The fourth-order valence-corrected chi connectivity index (χ4v) is 3.69. The van der Waals surface area contributed by atoms with E-state index in [0.29, 0.717) is 11.3 Å². The molecule has 0 aromatic rings. The van der Waals surface area contributed by atoms with Crippen molar-refractivity contribution in [3.63, 3.8) is 0 Å². The standard InChI is InChI=1S/C12H21NO2S/c1-2-7-16-10-5-6-12(8-10,11(14)15)13-9-3-4-9/h9-10,13H,2-8H2,1H3,(H,14,15). The van der Waals surface area contributed by atoms with Crippen LogP contribution in [0.15, 0.2) is 0 Å². The van der Waals surface area contributed by atoms with Crippen molar-refractivity contribution in [1.29, 1.82) is 0 Å². The number of carboxylic acid groups (broad SMARTS) is 1. The minimum absolute atomic E-state index is 0.478. The molecule has 0 saturated heterocycles. The number of hydrogen-bond acceptors (Lipinski definition) is 3. The van der Waals surface area contributed by atoms with E-state index in [2.05, 4.69) is 12.2 Å². The maximum Gasteiger partial charge on any atom is 0.323 e. The zero-order valence-electron chi connectivity index (χ0n) is 9.87. The van der Waals surface area contributed by atoms with E-state index in [0.717, 1.165) is 37.9 Å². The van der Waals surface area contributed by atoms with Crippen LogP contribution in [-0.4, -0.2) is 33.7 Å². The molecular formula is C12H21NO2S. The van der Waals surface area contributed by atoms with Crippen LogP contribution in [-0.2, 0) is 4.79 Å². The van der Waals surface area contributed by atoms with Gasteiger partial charge in [0, 0.05) is 11.3 Å². The molecule has 2 rings (SSSR count). The van der Waals surface area contributed by atoms with Crippen LogP contribution in [0.5, 0.6) is 0 Å². The van der Waals surface area contributed by atoms with E-state index in [1.807, 2.05) is 11.8 Å². The highest BCUT2D eigenvalue weighted by atomic mass is 32.2. The van der Waals surface area contributed by atoms with E-state index < -0.39 is 11.5 Å². The third kappa shape index (κ3) is 2.72. The summed E-state index contributed by atoms with van der Waals surface area (Å²) in [6.07, 6.45) is 6.15. The fraction of sp³-hybridized carbons (Fsp3) is 0.917. The number of carboxylic acids is 1. The molecule has 4 heteroatoms. The monoisotopic (exact) mass is 243 g/mol. The minimum Gasteiger partial charge on any atom is -0.480 e. The van der Waals surface area contributed by atoms with E-state index in [4.69, 9.17) is 0 Å². The lowest BCUT2D eigenvalue weighted by atomic mass is 9.98. The molecule has 2 saturated carbocycles. The molecule has 2 N–H and O–H groups in total. The zero-order chi connectivity index (χ0) is 11.6. The first-order chi connectivity index (χ1) is 7.66. The smallest absolute Gasteiger partial charge is 0.323 e. The molecule has 0 bridgehead atoms. The molecule has 2 aliphatic rings. The second-order valence-corrected chi connectivity index (χ2v) is 6.45. The summed E-state index contributed by atoms with van der Waals surface area (Å²) in [5, 5.41) is 13.3. The Labute approximate surface area is 101 Å². The van der Waals surface area contributed by atoms with E-state index in [-0.39, 0.29) is 0 Å². The Morgan fingerprint density at radius 2 is 2.25 bits per heavy atom. The van der Waals surface area contributed by atoms with E-state index in [1.54, 1.807) is 0 Å². The molecule has 2 unspecified atom stereocenters. The quantitative estimate of drug-likeness (QED) is 0.751. The van der Waals surface area contributed by atoms with Crippen molar-refractivity contribution in [1.82, 2.24) is 5.32 Å². The molecule has 0 radical (unpaired) electrons. The van der Waals surface area contributed by atoms with E-state index in [1.165, 1.54) is 6.42 Å². The summed E-state index contributed by atoms with van der Waals surface area (Å²) in [5.74, 6) is 0.517. The van der Waals surface area contributed by atoms with Gasteiger partial charge in [0.25, 0.3) is 0 Å². The molecular weight excluding hydrogens is 222 g/mol. The third-order valence-corrected chi connectivity index (χ3v) is 5.01. The zero-order valence-corrected chi connectivity index (χ0v) is 10.7. The van der Waals surface area contributed by atoms with Crippen LogP contribution in [0.4, 0.5) is 0 Å². The van der Waals surface area contributed by atoms with Gasteiger partial charge < -0.3 is 5.11 Å². The summed E-state index contributed by atoms with van der Waals surface area (Å²) in [4.78, 5) is 11.4. The molecule has 92 valence electrons. The lowest BCUT2D eigenvalue weighted by Gasteiger charge is -2.26. The summed E-state index contributed by atoms with van der Waals surface area (Å²) >= 11 is 1.95. The second kappa shape index (κ2) is 4.96. The van der Waals surface area contributed by atoms with Crippen molar-refractivity contribution in [2.45, 2.75) is 62.3 Å². The van der Waals surface area contributed by atoms with Crippen LogP contribution in [0.25, 0.3) is 0 Å². The maximum atomic E-state index is 11.4. The Hall–Kier alpha value is -0.220. The molecule has 3 nitrogen and oxygen atoms in total. The maximum absolute atomic E-state index is 11.4. The van der Waals surface area contributed by atoms with E-state index in [9.17, 15) is 9.90 Å².